The molecule has 0 saturated carbocycles. The SMILES string of the molecule is Cc1ccccc1OCc1nnc(SC2CC(C)OC2=O)n1-c1ccccc1. The van der Waals surface area contributed by atoms with Crippen LogP contribution in [0.4, 0.5) is 0 Å². The number of ether oxygens (including phenoxy) is 2. The maximum atomic E-state index is 12.1. The molecule has 0 aliphatic carbocycles. The van der Waals surface area contributed by atoms with Crippen molar-refractivity contribution in [1.82, 2.24) is 14.8 Å². The number of hydrogen-bond donors (Lipinski definition) is 0. The molecule has 2 heterocycles. The smallest absolute Gasteiger partial charge is 0.319 e. The second kappa shape index (κ2) is 8.06. The van der Waals surface area contributed by atoms with E-state index in [-0.39, 0.29) is 23.9 Å². The highest BCUT2D eigenvalue weighted by Gasteiger charge is 2.34. The van der Waals surface area contributed by atoms with E-state index >= 15 is 0 Å². The molecule has 7 heteroatoms. The van der Waals surface area contributed by atoms with Gasteiger partial charge in [0.25, 0.3) is 0 Å². The van der Waals surface area contributed by atoms with Crippen LogP contribution in [0.25, 0.3) is 5.69 Å². The minimum atomic E-state index is -0.271. The van der Waals surface area contributed by atoms with Crippen LogP contribution >= 0.6 is 11.8 Å². The van der Waals surface area contributed by atoms with Crippen LogP contribution < -0.4 is 4.74 Å². The Balaban J connectivity index is 1.62. The van der Waals surface area contributed by atoms with E-state index in [1.807, 2.05) is 73.0 Å². The molecule has 4 rings (SSSR count). The van der Waals surface area contributed by atoms with Crippen LogP contribution in [0.1, 0.15) is 24.7 Å². The molecule has 1 aliphatic heterocycles. The van der Waals surface area contributed by atoms with E-state index < -0.39 is 0 Å². The number of rotatable bonds is 6. The van der Waals surface area contributed by atoms with Gasteiger partial charge in [-0.3, -0.25) is 9.36 Å². The summed E-state index contributed by atoms with van der Waals surface area (Å²) in [6.07, 6.45) is 0.599. The lowest BCUT2D eigenvalue weighted by Crippen LogP contribution is -2.12. The van der Waals surface area contributed by atoms with Crippen molar-refractivity contribution in [2.45, 2.75) is 43.4 Å². The largest absolute Gasteiger partial charge is 0.485 e. The van der Waals surface area contributed by atoms with Crippen LogP contribution in [0, 0.1) is 6.92 Å². The van der Waals surface area contributed by atoms with Gasteiger partial charge in [0.1, 0.15) is 23.7 Å². The standard InChI is InChI=1S/C21H21N3O3S/c1-14-8-6-7-11-17(14)26-13-19-22-23-21(24(19)16-9-4-3-5-10-16)28-18-12-15(2)27-20(18)25/h3-11,15,18H,12-13H2,1-2H3. The molecule has 2 atom stereocenters. The van der Waals surface area contributed by atoms with Crippen LogP contribution in [-0.2, 0) is 16.1 Å². The first-order valence-corrected chi connectivity index (χ1v) is 10.0. The number of thioether (sulfide) groups is 1. The lowest BCUT2D eigenvalue weighted by molar-refractivity contribution is -0.140. The summed E-state index contributed by atoms with van der Waals surface area (Å²) >= 11 is 1.39. The van der Waals surface area contributed by atoms with Gasteiger partial charge in [-0.1, -0.05) is 48.2 Å². The predicted molar refractivity (Wildman–Crippen MR) is 107 cm³/mol. The van der Waals surface area contributed by atoms with E-state index in [0.29, 0.717) is 17.4 Å². The van der Waals surface area contributed by atoms with Crippen molar-refractivity contribution < 1.29 is 14.3 Å². The van der Waals surface area contributed by atoms with E-state index in [9.17, 15) is 4.79 Å². The number of aryl methyl sites for hydroxylation is 1. The van der Waals surface area contributed by atoms with E-state index in [1.165, 1.54) is 11.8 Å². The Morgan fingerprint density at radius 2 is 1.89 bits per heavy atom. The summed E-state index contributed by atoms with van der Waals surface area (Å²) in [4.78, 5) is 12.1. The molecule has 28 heavy (non-hydrogen) atoms. The molecule has 6 nitrogen and oxygen atoms in total. The van der Waals surface area contributed by atoms with Crippen molar-refractivity contribution in [1.29, 1.82) is 0 Å². The molecule has 2 aromatic carbocycles. The molecule has 144 valence electrons. The number of cyclic esters (lactones) is 1. The highest BCUT2D eigenvalue weighted by molar-refractivity contribution is 8.00. The third-order valence-corrected chi connectivity index (χ3v) is 5.68. The van der Waals surface area contributed by atoms with Gasteiger partial charge in [-0.25, -0.2) is 0 Å². The van der Waals surface area contributed by atoms with Gasteiger partial charge in [-0.2, -0.15) is 0 Å². The summed E-state index contributed by atoms with van der Waals surface area (Å²) in [7, 11) is 0. The van der Waals surface area contributed by atoms with Gasteiger partial charge in [0, 0.05) is 12.1 Å². The summed E-state index contributed by atoms with van der Waals surface area (Å²) in [6, 6.07) is 17.7. The van der Waals surface area contributed by atoms with Crippen LogP contribution in [0.3, 0.4) is 0 Å². The highest BCUT2D eigenvalue weighted by atomic mass is 32.2. The van der Waals surface area contributed by atoms with E-state index in [0.717, 1.165) is 17.0 Å². The van der Waals surface area contributed by atoms with Gasteiger partial charge < -0.3 is 9.47 Å². The number of esters is 1. The van der Waals surface area contributed by atoms with E-state index in [2.05, 4.69) is 10.2 Å². The Bertz CT molecular complexity index is 974. The van der Waals surface area contributed by atoms with Crippen LogP contribution in [-0.4, -0.2) is 32.1 Å². The quantitative estimate of drug-likeness (QED) is 0.589. The molecule has 0 amide bonds. The molecule has 1 saturated heterocycles. The fourth-order valence-corrected chi connectivity index (χ4v) is 4.29. The van der Waals surface area contributed by atoms with Gasteiger partial charge in [0.05, 0.1) is 0 Å². The van der Waals surface area contributed by atoms with Crippen LogP contribution in [0.2, 0.25) is 0 Å². The Hall–Kier alpha value is -2.80. The number of hydrogen-bond acceptors (Lipinski definition) is 6. The highest BCUT2D eigenvalue weighted by Crippen LogP contribution is 2.33. The minimum Gasteiger partial charge on any atom is -0.485 e. The lowest BCUT2D eigenvalue weighted by atomic mass is 10.2. The number of nitrogens with zero attached hydrogens (tertiary/aromatic N) is 3. The van der Waals surface area contributed by atoms with Gasteiger partial charge in [0.15, 0.2) is 11.0 Å². The molecule has 0 spiro atoms. The van der Waals surface area contributed by atoms with Crippen molar-refractivity contribution in [2.75, 3.05) is 0 Å². The van der Waals surface area contributed by atoms with Gasteiger partial charge in [-0.15, -0.1) is 10.2 Å². The zero-order chi connectivity index (χ0) is 19.5. The molecule has 3 aromatic rings. The predicted octanol–water partition coefficient (Wildman–Crippen LogP) is 3.95. The van der Waals surface area contributed by atoms with Gasteiger partial charge >= 0.3 is 5.97 Å². The topological polar surface area (TPSA) is 66.2 Å². The normalized spacial score (nSPS) is 18.9. The zero-order valence-electron chi connectivity index (χ0n) is 15.7. The molecule has 1 aromatic heterocycles. The third-order valence-electron chi connectivity index (χ3n) is 4.54. The Kier molecular flexibility index (Phi) is 5.34. The zero-order valence-corrected chi connectivity index (χ0v) is 16.6. The first-order valence-electron chi connectivity index (χ1n) is 9.17. The molecule has 0 radical (unpaired) electrons. The fraction of sp³-hybridized carbons (Fsp3) is 0.286. The summed E-state index contributed by atoms with van der Waals surface area (Å²) in [5.41, 5.74) is 1.99. The molecule has 0 bridgehead atoms. The van der Waals surface area contributed by atoms with Crippen molar-refractivity contribution in [3.05, 3.63) is 66.0 Å². The van der Waals surface area contributed by atoms with E-state index in [1.54, 1.807) is 0 Å². The summed E-state index contributed by atoms with van der Waals surface area (Å²) in [5.74, 6) is 1.29. The number of aromatic nitrogens is 3. The maximum absolute atomic E-state index is 12.1. The number of carbonyl (C=O) groups is 1. The Morgan fingerprint density at radius 1 is 1.14 bits per heavy atom. The minimum absolute atomic E-state index is 0.0676. The number of benzene rings is 2. The van der Waals surface area contributed by atoms with Crippen LogP contribution in [0.5, 0.6) is 5.75 Å². The van der Waals surface area contributed by atoms with Gasteiger partial charge in [-0.05, 0) is 37.6 Å². The van der Waals surface area contributed by atoms with Gasteiger partial charge in [0.2, 0.25) is 0 Å². The molecular formula is C21H21N3O3S. The molecular weight excluding hydrogens is 374 g/mol. The monoisotopic (exact) mass is 395 g/mol. The average Bonchev–Trinajstić information content (AvgIpc) is 3.24. The molecule has 1 fully saturated rings. The first-order chi connectivity index (χ1) is 13.6. The van der Waals surface area contributed by atoms with Crippen molar-refractivity contribution in [2.24, 2.45) is 0 Å². The second-order valence-electron chi connectivity index (χ2n) is 6.71. The third kappa shape index (κ3) is 3.89. The summed E-state index contributed by atoms with van der Waals surface area (Å²) in [6.45, 7) is 4.19. The Morgan fingerprint density at radius 3 is 2.61 bits per heavy atom. The second-order valence-corrected chi connectivity index (χ2v) is 7.88. The molecule has 2 unspecified atom stereocenters. The molecule has 0 N–H and O–H groups in total. The average molecular weight is 395 g/mol. The summed E-state index contributed by atoms with van der Waals surface area (Å²) in [5, 5.41) is 9.06. The molecule has 1 aliphatic rings. The van der Waals surface area contributed by atoms with E-state index in [4.69, 9.17) is 9.47 Å². The van der Waals surface area contributed by atoms with Crippen LogP contribution in [0.15, 0.2) is 59.8 Å². The summed E-state index contributed by atoms with van der Waals surface area (Å²) < 4.78 is 13.2. The van der Waals surface area contributed by atoms with Crippen molar-refractivity contribution in [3.8, 4) is 11.4 Å². The van der Waals surface area contributed by atoms with Crippen molar-refractivity contribution >= 4 is 17.7 Å². The fourth-order valence-electron chi connectivity index (χ4n) is 3.11. The number of carbonyl (C=O) groups excluding carboxylic acids is 1. The lowest BCUT2D eigenvalue weighted by Gasteiger charge is -2.13. The maximum Gasteiger partial charge on any atom is 0.319 e. The van der Waals surface area contributed by atoms with Crippen molar-refractivity contribution in [3.63, 3.8) is 0 Å². The number of para-hydroxylation sites is 2. The first kappa shape index (κ1) is 18.6. The Labute approximate surface area is 167 Å².